The van der Waals surface area contributed by atoms with E-state index in [9.17, 15) is 9.90 Å². The minimum absolute atomic E-state index is 0.176. The zero-order valence-corrected chi connectivity index (χ0v) is 14.6. The maximum absolute atomic E-state index is 9.96. The summed E-state index contributed by atoms with van der Waals surface area (Å²) in [5.41, 5.74) is 1.23. The molecule has 1 atom stereocenters. The van der Waals surface area contributed by atoms with E-state index in [2.05, 4.69) is 13.5 Å². The lowest BCUT2D eigenvalue weighted by Crippen LogP contribution is -1.96. The molecular weight excluding hydrogens is 288 g/mol. The molecule has 0 fully saturated rings. The predicted molar refractivity (Wildman–Crippen MR) is 96.5 cm³/mol. The van der Waals surface area contributed by atoms with Gasteiger partial charge in [-0.3, -0.25) is 0 Å². The maximum Gasteiger partial charge on any atom is 0.330 e. The summed E-state index contributed by atoms with van der Waals surface area (Å²) < 4.78 is 0. The van der Waals surface area contributed by atoms with Crippen molar-refractivity contribution in [1.29, 1.82) is 0 Å². The summed E-state index contributed by atoms with van der Waals surface area (Å²) in [6.07, 6.45) is 9.76. The Morgan fingerprint density at radius 1 is 1.04 bits per heavy atom. The molecule has 0 bridgehead atoms. The molecule has 0 aromatic heterocycles. The van der Waals surface area contributed by atoms with Crippen molar-refractivity contribution in [3.8, 4) is 0 Å². The van der Waals surface area contributed by atoms with Crippen LogP contribution < -0.4 is 0 Å². The topological polar surface area (TPSA) is 57.5 Å². The molecule has 1 unspecified atom stereocenters. The van der Waals surface area contributed by atoms with Gasteiger partial charge in [0, 0.05) is 5.57 Å². The monoisotopic (exact) mass is 320 g/mol. The van der Waals surface area contributed by atoms with Gasteiger partial charge in [-0.25, -0.2) is 4.79 Å². The molecule has 0 aliphatic heterocycles. The van der Waals surface area contributed by atoms with Crippen LogP contribution in [0.15, 0.2) is 42.5 Å². The quantitative estimate of drug-likeness (QED) is 0.441. The number of hydrogen-bond donors (Lipinski definition) is 2. The van der Waals surface area contributed by atoms with Crippen LogP contribution in [0.4, 0.5) is 0 Å². The Morgan fingerprint density at radius 3 is 2.00 bits per heavy atom. The number of benzene rings is 1. The summed E-state index contributed by atoms with van der Waals surface area (Å²) in [5.74, 6) is -0.935. The fraction of sp³-hybridized carbons (Fsp3) is 0.550. The van der Waals surface area contributed by atoms with Gasteiger partial charge in [-0.1, -0.05) is 88.8 Å². The highest BCUT2D eigenvalue weighted by Crippen LogP contribution is 2.19. The number of aliphatic carboxylic acids is 1. The third-order valence-corrected chi connectivity index (χ3v) is 3.63. The molecule has 3 heteroatoms. The molecule has 0 spiro atoms. The largest absolute Gasteiger partial charge is 0.478 e. The van der Waals surface area contributed by atoms with Crippen molar-refractivity contribution in [1.82, 2.24) is 0 Å². The van der Waals surface area contributed by atoms with Crippen LogP contribution in [0.2, 0.25) is 0 Å². The normalized spacial score (nSPS) is 11.3. The average Bonchev–Trinajstić information content (AvgIpc) is 2.55. The van der Waals surface area contributed by atoms with E-state index in [4.69, 9.17) is 5.11 Å². The summed E-state index contributed by atoms with van der Waals surface area (Å²) in [4.78, 5) is 9.60. The van der Waals surface area contributed by atoms with Crippen LogP contribution in [0.25, 0.3) is 0 Å². The second kappa shape index (κ2) is 14.0. The lowest BCUT2D eigenvalue weighted by Gasteiger charge is -2.10. The van der Waals surface area contributed by atoms with Crippen molar-refractivity contribution in [3.05, 3.63) is 48.0 Å². The van der Waals surface area contributed by atoms with Crippen LogP contribution in [0.3, 0.4) is 0 Å². The summed E-state index contributed by atoms with van der Waals surface area (Å²) in [6.45, 7) is 6.85. The number of unbranched alkanes of at least 4 members (excludes halogenated alkanes) is 6. The van der Waals surface area contributed by atoms with Crippen LogP contribution in [-0.2, 0) is 4.79 Å². The Labute approximate surface area is 141 Å². The van der Waals surface area contributed by atoms with Crippen molar-refractivity contribution in [2.45, 2.75) is 71.3 Å². The molecule has 0 amide bonds. The summed E-state index contributed by atoms with van der Waals surface area (Å²) in [7, 11) is 0. The van der Waals surface area contributed by atoms with E-state index in [-0.39, 0.29) is 11.7 Å². The highest BCUT2D eigenvalue weighted by atomic mass is 16.4. The molecule has 0 saturated carbocycles. The first-order valence-corrected chi connectivity index (χ1v) is 8.60. The van der Waals surface area contributed by atoms with Gasteiger partial charge < -0.3 is 10.2 Å². The Hall–Kier alpha value is -1.61. The number of aliphatic hydroxyl groups is 1. The molecule has 1 rings (SSSR count). The van der Waals surface area contributed by atoms with Gasteiger partial charge in [0.05, 0.1) is 6.10 Å². The van der Waals surface area contributed by atoms with Crippen molar-refractivity contribution < 1.29 is 15.0 Å². The van der Waals surface area contributed by atoms with Gasteiger partial charge in [-0.05, 0) is 18.9 Å². The van der Waals surface area contributed by atoms with Crippen LogP contribution in [0.1, 0.15) is 76.9 Å². The Morgan fingerprint density at radius 2 is 1.52 bits per heavy atom. The second-order valence-corrected chi connectivity index (χ2v) is 5.92. The number of carboxylic acids is 1. The molecule has 1 aromatic rings. The molecule has 0 radical (unpaired) electrons. The van der Waals surface area contributed by atoms with Gasteiger partial charge in [-0.2, -0.15) is 0 Å². The zero-order valence-electron chi connectivity index (χ0n) is 14.6. The highest BCUT2D eigenvalue weighted by Gasteiger charge is 2.05. The number of rotatable bonds is 10. The van der Waals surface area contributed by atoms with Crippen LogP contribution in [0.5, 0.6) is 0 Å². The first-order chi connectivity index (χ1) is 11.0. The number of carbonyl (C=O) groups is 1. The minimum Gasteiger partial charge on any atom is -0.478 e. The lowest BCUT2D eigenvalue weighted by molar-refractivity contribution is -0.132. The fourth-order valence-electron chi connectivity index (χ4n) is 2.14. The fourth-order valence-corrected chi connectivity index (χ4v) is 2.14. The molecule has 0 aliphatic carbocycles. The van der Waals surface area contributed by atoms with Gasteiger partial charge in [0.2, 0.25) is 0 Å². The van der Waals surface area contributed by atoms with Gasteiger partial charge in [0.1, 0.15) is 0 Å². The third kappa shape index (κ3) is 12.6. The summed E-state index contributed by atoms with van der Waals surface area (Å²) >= 11 is 0. The standard InChI is InChI=1S/C16H26O.C4H6O2/c1-2-3-4-5-6-7-11-14-16(17)15-12-9-8-10-13-15;1-3(2)4(5)6/h8-10,12-13,16-17H,2-7,11,14H2,1H3;1H2,2H3,(H,5,6). The molecular formula is C20H32O3. The minimum atomic E-state index is -0.935. The van der Waals surface area contributed by atoms with Gasteiger partial charge in [-0.15, -0.1) is 0 Å². The third-order valence-electron chi connectivity index (χ3n) is 3.63. The van der Waals surface area contributed by atoms with E-state index in [1.165, 1.54) is 45.4 Å². The van der Waals surface area contributed by atoms with E-state index < -0.39 is 5.97 Å². The Balaban J connectivity index is 0.000000688. The van der Waals surface area contributed by atoms with Crippen molar-refractivity contribution >= 4 is 5.97 Å². The van der Waals surface area contributed by atoms with Crippen molar-refractivity contribution in [2.24, 2.45) is 0 Å². The van der Waals surface area contributed by atoms with Crippen LogP contribution >= 0.6 is 0 Å². The molecule has 130 valence electrons. The van der Waals surface area contributed by atoms with Gasteiger partial charge >= 0.3 is 5.97 Å². The Kier molecular flexibility index (Phi) is 13.0. The number of aliphatic hydroxyl groups excluding tert-OH is 1. The number of carboxylic acid groups (broad SMARTS) is 1. The van der Waals surface area contributed by atoms with Crippen LogP contribution in [-0.4, -0.2) is 16.2 Å². The van der Waals surface area contributed by atoms with Crippen molar-refractivity contribution in [2.75, 3.05) is 0 Å². The summed E-state index contributed by atoms with van der Waals surface area (Å²) in [6, 6.07) is 9.98. The molecule has 0 saturated heterocycles. The van der Waals surface area contributed by atoms with E-state index >= 15 is 0 Å². The molecule has 3 nitrogen and oxygen atoms in total. The summed E-state index contributed by atoms with van der Waals surface area (Å²) in [5, 5.41) is 17.9. The first kappa shape index (κ1) is 21.4. The maximum atomic E-state index is 9.96. The van der Waals surface area contributed by atoms with E-state index in [0.717, 1.165) is 18.4 Å². The van der Waals surface area contributed by atoms with E-state index in [0.29, 0.717) is 0 Å². The highest BCUT2D eigenvalue weighted by molar-refractivity contribution is 5.84. The average molecular weight is 320 g/mol. The molecule has 0 heterocycles. The van der Waals surface area contributed by atoms with Gasteiger partial charge in [0.15, 0.2) is 0 Å². The Bertz CT molecular complexity index is 414. The smallest absolute Gasteiger partial charge is 0.330 e. The molecule has 1 aromatic carbocycles. The number of hydrogen-bond acceptors (Lipinski definition) is 2. The zero-order chi connectivity index (χ0) is 17.5. The van der Waals surface area contributed by atoms with Gasteiger partial charge in [0.25, 0.3) is 0 Å². The predicted octanol–water partition coefficient (Wildman–Crippen LogP) is 5.51. The SMILES string of the molecule is C=C(C)C(=O)O.CCCCCCCCCC(O)c1ccccc1. The second-order valence-electron chi connectivity index (χ2n) is 5.92. The van der Waals surface area contributed by atoms with Crippen molar-refractivity contribution in [3.63, 3.8) is 0 Å². The first-order valence-electron chi connectivity index (χ1n) is 8.60. The lowest BCUT2D eigenvalue weighted by atomic mass is 10.0. The van der Waals surface area contributed by atoms with E-state index in [1.807, 2.05) is 30.3 Å². The molecule has 2 N–H and O–H groups in total. The van der Waals surface area contributed by atoms with E-state index in [1.54, 1.807) is 0 Å². The molecule has 0 aliphatic rings. The molecule has 23 heavy (non-hydrogen) atoms. The van der Waals surface area contributed by atoms with Crippen LogP contribution in [0, 0.1) is 0 Å².